The minimum atomic E-state index is -0.184. The lowest BCUT2D eigenvalue weighted by atomic mass is 10.1. The summed E-state index contributed by atoms with van der Waals surface area (Å²) in [7, 11) is 3.54. The van der Waals surface area contributed by atoms with E-state index in [2.05, 4.69) is 15.2 Å². The van der Waals surface area contributed by atoms with Gasteiger partial charge >= 0.3 is 0 Å². The van der Waals surface area contributed by atoms with E-state index in [4.69, 9.17) is 0 Å². The van der Waals surface area contributed by atoms with Crippen molar-refractivity contribution in [2.24, 2.45) is 5.92 Å². The molecule has 0 spiro atoms. The maximum absolute atomic E-state index is 12.2. The van der Waals surface area contributed by atoms with Gasteiger partial charge in [0.2, 0.25) is 11.1 Å². The standard InChI is InChI=1S/C16H22N4OS/c1-10(2)13(15(21)20(4)5)22-16-17-14(18-19-16)12-8-6-11(3)7-9-12/h6-10,13H,1-5H3,(H,17,18,19)/t13-/m0/s1. The molecular weight excluding hydrogens is 296 g/mol. The van der Waals surface area contributed by atoms with Gasteiger partial charge < -0.3 is 4.90 Å². The molecule has 118 valence electrons. The number of nitrogens with one attached hydrogen (secondary N) is 1. The van der Waals surface area contributed by atoms with Crippen molar-refractivity contribution in [3.8, 4) is 11.4 Å². The van der Waals surface area contributed by atoms with Gasteiger partial charge in [0.1, 0.15) is 0 Å². The molecule has 1 N–H and O–H groups in total. The number of carbonyl (C=O) groups excluding carboxylic acids is 1. The van der Waals surface area contributed by atoms with Crippen molar-refractivity contribution >= 4 is 17.7 Å². The lowest BCUT2D eigenvalue weighted by molar-refractivity contribution is -0.128. The molecule has 0 saturated carbocycles. The number of nitrogens with zero attached hydrogens (tertiary/aromatic N) is 3. The first kappa shape index (κ1) is 16.5. The van der Waals surface area contributed by atoms with Crippen LogP contribution >= 0.6 is 11.8 Å². The molecule has 5 nitrogen and oxygen atoms in total. The summed E-state index contributed by atoms with van der Waals surface area (Å²) >= 11 is 1.41. The van der Waals surface area contributed by atoms with Crippen molar-refractivity contribution in [3.05, 3.63) is 29.8 Å². The predicted octanol–water partition coefficient (Wildman–Crippen LogP) is 2.99. The Bertz CT molecular complexity index is 634. The van der Waals surface area contributed by atoms with Crippen molar-refractivity contribution < 1.29 is 4.79 Å². The van der Waals surface area contributed by atoms with Gasteiger partial charge in [0, 0.05) is 19.7 Å². The normalized spacial score (nSPS) is 12.5. The van der Waals surface area contributed by atoms with Crippen molar-refractivity contribution in [1.82, 2.24) is 20.1 Å². The Morgan fingerprint density at radius 1 is 1.23 bits per heavy atom. The first-order chi connectivity index (χ1) is 10.4. The molecule has 0 fully saturated rings. The van der Waals surface area contributed by atoms with Gasteiger partial charge in [0.25, 0.3) is 0 Å². The third-order valence-corrected chi connectivity index (χ3v) is 4.71. The molecule has 0 radical (unpaired) electrons. The van der Waals surface area contributed by atoms with Gasteiger partial charge in [-0.05, 0) is 12.8 Å². The summed E-state index contributed by atoms with van der Waals surface area (Å²) in [5.41, 5.74) is 2.19. The monoisotopic (exact) mass is 318 g/mol. The summed E-state index contributed by atoms with van der Waals surface area (Å²) in [4.78, 5) is 18.4. The van der Waals surface area contributed by atoms with E-state index >= 15 is 0 Å². The molecule has 0 aliphatic rings. The molecule has 2 rings (SSSR count). The summed E-state index contributed by atoms with van der Waals surface area (Å²) in [5.74, 6) is 1.02. The van der Waals surface area contributed by atoms with Crippen molar-refractivity contribution in [3.63, 3.8) is 0 Å². The van der Waals surface area contributed by atoms with Crippen LogP contribution in [0.3, 0.4) is 0 Å². The zero-order valence-electron chi connectivity index (χ0n) is 13.6. The molecule has 1 atom stereocenters. The molecule has 1 aromatic heterocycles. The van der Waals surface area contributed by atoms with E-state index in [1.54, 1.807) is 19.0 Å². The molecular formula is C16H22N4OS. The third-order valence-electron chi connectivity index (χ3n) is 3.31. The highest BCUT2D eigenvalue weighted by atomic mass is 32.2. The van der Waals surface area contributed by atoms with E-state index in [-0.39, 0.29) is 17.1 Å². The molecule has 2 aromatic rings. The van der Waals surface area contributed by atoms with Crippen LogP contribution < -0.4 is 0 Å². The fraction of sp³-hybridized carbons (Fsp3) is 0.438. The number of benzene rings is 1. The van der Waals surface area contributed by atoms with Crippen molar-refractivity contribution in [2.75, 3.05) is 14.1 Å². The van der Waals surface area contributed by atoms with Gasteiger partial charge in [0.15, 0.2) is 5.82 Å². The smallest absolute Gasteiger partial charge is 0.235 e. The Balaban J connectivity index is 2.16. The summed E-state index contributed by atoms with van der Waals surface area (Å²) < 4.78 is 0. The minimum absolute atomic E-state index is 0.0849. The number of aromatic nitrogens is 3. The highest BCUT2D eigenvalue weighted by molar-refractivity contribution is 8.00. The Hall–Kier alpha value is -1.82. The fourth-order valence-corrected chi connectivity index (χ4v) is 3.03. The van der Waals surface area contributed by atoms with Crippen molar-refractivity contribution in [1.29, 1.82) is 0 Å². The number of hydrogen-bond acceptors (Lipinski definition) is 4. The zero-order valence-corrected chi connectivity index (χ0v) is 14.4. The maximum atomic E-state index is 12.2. The lowest BCUT2D eigenvalue weighted by Crippen LogP contribution is -2.34. The van der Waals surface area contributed by atoms with Gasteiger partial charge in [-0.25, -0.2) is 4.98 Å². The molecule has 0 aliphatic carbocycles. The third kappa shape index (κ3) is 3.88. The van der Waals surface area contributed by atoms with E-state index in [1.165, 1.54) is 17.3 Å². The molecule has 1 aromatic carbocycles. The second kappa shape index (κ2) is 6.96. The maximum Gasteiger partial charge on any atom is 0.235 e. The van der Waals surface area contributed by atoms with Crippen LogP contribution in [0.4, 0.5) is 0 Å². The largest absolute Gasteiger partial charge is 0.348 e. The summed E-state index contributed by atoms with van der Waals surface area (Å²) in [6.07, 6.45) is 0. The quantitative estimate of drug-likeness (QED) is 0.861. The van der Waals surface area contributed by atoms with Crippen LogP contribution in [0, 0.1) is 12.8 Å². The van der Waals surface area contributed by atoms with E-state index in [9.17, 15) is 4.79 Å². The van der Waals surface area contributed by atoms with Crippen LogP contribution in [-0.2, 0) is 4.79 Å². The number of amides is 1. The zero-order chi connectivity index (χ0) is 16.3. The van der Waals surface area contributed by atoms with E-state index < -0.39 is 0 Å². The number of aromatic amines is 1. The van der Waals surface area contributed by atoms with Crippen LogP contribution in [0.5, 0.6) is 0 Å². The van der Waals surface area contributed by atoms with E-state index in [0.717, 1.165) is 11.4 Å². The molecule has 0 aliphatic heterocycles. The molecule has 0 saturated heterocycles. The van der Waals surface area contributed by atoms with Crippen LogP contribution in [0.2, 0.25) is 0 Å². The van der Waals surface area contributed by atoms with Crippen LogP contribution in [0.15, 0.2) is 29.4 Å². The fourth-order valence-electron chi connectivity index (χ4n) is 1.98. The highest BCUT2D eigenvalue weighted by Gasteiger charge is 2.26. The second-order valence-corrected chi connectivity index (χ2v) is 6.96. The number of rotatable bonds is 5. The Labute approximate surface area is 135 Å². The van der Waals surface area contributed by atoms with E-state index in [1.807, 2.05) is 45.0 Å². The van der Waals surface area contributed by atoms with E-state index in [0.29, 0.717) is 5.16 Å². The predicted molar refractivity (Wildman–Crippen MR) is 89.7 cm³/mol. The number of aryl methyl sites for hydroxylation is 1. The van der Waals surface area contributed by atoms with Crippen LogP contribution in [0.1, 0.15) is 19.4 Å². The number of H-pyrrole nitrogens is 1. The molecule has 0 unspecified atom stereocenters. The first-order valence-electron chi connectivity index (χ1n) is 7.25. The molecule has 1 heterocycles. The van der Waals surface area contributed by atoms with Crippen LogP contribution in [-0.4, -0.2) is 45.3 Å². The average Bonchev–Trinajstić information content (AvgIpc) is 2.93. The second-order valence-electron chi connectivity index (χ2n) is 5.85. The number of carbonyl (C=O) groups is 1. The molecule has 0 bridgehead atoms. The number of hydrogen-bond donors (Lipinski definition) is 1. The Morgan fingerprint density at radius 2 is 1.86 bits per heavy atom. The van der Waals surface area contributed by atoms with Crippen LogP contribution in [0.25, 0.3) is 11.4 Å². The first-order valence-corrected chi connectivity index (χ1v) is 8.13. The summed E-state index contributed by atoms with van der Waals surface area (Å²) in [6.45, 7) is 6.12. The van der Waals surface area contributed by atoms with Gasteiger partial charge in [-0.2, -0.15) is 0 Å². The lowest BCUT2D eigenvalue weighted by Gasteiger charge is -2.21. The molecule has 1 amide bonds. The molecule has 22 heavy (non-hydrogen) atoms. The Morgan fingerprint density at radius 3 is 2.41 bits per heavy atom. The Kier molecular flexibility index (Phi) is 5.24. The molecule has 6 heteroatoms. The van der Waals surface area contributed by atoms with Gasteiger partial charge in [-0.15, -0.1) is 5.10 Å². The highest BCUT2D eigenvalue weighted by Crippen LogP contribution is 2.28. The van der Waals surface area contributed by atoms with Gasteiger partial charge in [-0.3, -0.25) is 9.89 Å². The number of thioether (sulfide) groups is 1. The SMILES string of the molecule is Cc1ccc(-c2nc(S[C@H](C(=O)N(C)C)C(C)C)n[nH]2)cc1. The average molecular weight is 318 g/mol. The van der Waals surface area contributed by atoms with Gasteiger partial charge in [0.05, 0.1) is 5.25 Å². The van der Waals surface area contributed by atoms with Crippen molar-refractivity contribution in [2.45, 2.75) is 31.2 Å². The summed E-state index contributed by atoms with van der Waals surface area (Å²) in [5, 5.41) is 7.60. The minimum Gasteiger partial charge on any atom is -0.348 e. The van der Waals surface area contributed by atoms with Gasteiger partial charge in [-0.1, -0.05) is 55.4 Å². The summed E-state index contributed by atoms with van der Waals surface area (Å²) in [6, 6.07) is 8.10. The topological polar surface area (TPSA) is 61.9 Å².